The van der Waals surface area contributed by atoms with Gasteiger partial charge in [-0.25, -0.2) is 4.98 Å². The van der Waals surface area contributed by atoms with Crippen molar-refractivity contribution in [3.63, 3.8) is 0 Å². The highest BCUT2D eigenvalue weighted by atomic mass is 35.5. The zero-order valence-electron chi connectivity index (χ0n) is 14.4. The molecule has 128 valence electrons. The third kappa shape index (κ3) is 3.74. The summed E-state index contributed by atoms with van der Waals surface area (Å²) < 4.78 is 0. The largest absolute Gasteiger partial charge is 0.322 e. The number of anilines is 1. The Hall–Kier alpha value is -3.16. The smallest absolute Gasteiger partial charge is 0.255 e. The van der Waals surface area contributed by atoms with Gasteiger partial charge in [-0.15, -0.1) is 0 Å². The van der Waals surface area contributed by atoms with E-state index < -0.39 is 0 Å². The number of pyridine rings is 1. The number of nitrogens with one attached hydrogen (secondary N) is 1. The first kappa shape index (κ1) is 17.7. The van der Waals surface area contributed by atoms with Gasteiger partial charge in [-0.2, -0.15) is 5.26 Å². The average molecular weight is 362 g/mol. The molecule has 0 spiro atoms. The molecule has 0 radical (unpaired) electrons. The van der Waals surface area contributed by atoms with Gasteiger partial charge >= 0.3 is 0 Å². The van der Waals surface area contributed by atoms with Crippen molar-refractivity contribution in [2.75, 3.05) is 5.32 Å². The maximum atomic E-state index is 12.5. The number of amides is 1. The predicted octanol–water partition coefficient (Wildman–Crippen LogP) is 5.14. The average Bonchev–Trinajstić information content (AvgIpc) is 2.64. The molecule has 3 aromatic rings. The first-order valence-corrected chi connectivity index (χ1v) is 8.40. The Morgan fingerprint density at radius 2 is 1.96 bits per heavy atom. The minimum absolute atomic E-state index is 0.171. The van der Waals surface area contributed by atoms with E-state index in [2.05, 4.69) is 10.3 Å². The van der Waals surface area contributed by atoms with Crippen molar-refractivity contribution in [2.24, 2.45) is 0 Å². The van der Waals surface area contributed by atoms with Crippen molar-refractivity contribution < 1.29 is 4.79 Å². The van der Waals surface area contributed by atoms with Crippen molar-refractivity contribution in [1.29, 1.82) is 5.26 Å². The van der Waals surface area contributed by atoms with Crippen LogP contribution < -0.4 is 5.32 Å². The van der Waals surface area contributed by atoms with Crippen LogP contribution in [0.5, 0.6) is 0 Å². The lowest BCUT2D eigenvalue weighted by Gasteiger charge is -2.11. The van der Waals surface area contributed by atoms with Crippen LogP contribution in [0.2, 0.25) is 5.15 Å². The number of benzene rings is 2. The van der Waals surface area contributed by atoms with Gasteiger partial charge < -0.3 is 5.32 Å². The number of nitrogens with zero attached hydrogens (tertiary/aromatic N) is 2. The number of nitriles is 1. The number of hydrogen-bond acceptors (Lipinski definition) is 3. The Morgan fingerprint density at radius 3 is 2.69 bits per heavy atom. The van der Waals surface area contributed by atoms with Crippen molar-refractivity contribution >= 4 is 23.2 Å². The molecule has 1 aromatic heterocycles. The predicted molar refractivity (Wildman–Crippen MR) is 103 cm³/mol. The summed E-state index contributed by atoms with van der Waals surface area (Å²) in [5.74, 6) is -0.171. The molecule has 4 nitrogen and oxygen atoms in total. The van der Waals surface area contributed by atoms with E-state index in [0.29, 0.717) is 16.8 Å². The molecular weight excluding hydrogens is 346 g/mol. The van der Waals surface area contributed by atoms with Crippen LogP contribution in [-0.4, -0.2) is 10.9 Å². The third-order valence-corrected chi connectivity index (χ3v) is 4.35. The maximum absolute atomic E-state index is 12.5. The molecule has 26 heavy (non-hydrogen) atoms. The molecule has 0 saturated carbocycles. The number of hydrogen-bond donors (Lipinski definition) is 1. The lowest BCUT2D eigenvalue weighted by Crippen LogP contribution is -2.12. The van der Waals surface area contributed by atoms with Crippen molar-refractivity contribution in [3.05, 3.63) is 82.1 Å². The highest BCUT2D eigenvalue weighted by Crippen LogP contribution is 2.28. The normalized spacial score (nSPS) is 10.2. The summed E-state index contributed by atoms with van der Waals surface area (Å²) in [6.45, 7) is 3.91. The molecule has 1 heterocycles. The van der Waals surface area contributed by atoms with Crippen molar-refractivity contribution in [3.8, 4) is 17.2 Å². The Labute approximate surface area is 157 Å². The van der Waals surface area contributed by atoms with Gasteiger partial charge in [-0.3, -0.25) is 4.79 Å². The molecule has 0 aliphatic rings. The van der Waals surface area contributed by atoms with Gasteiger partial charge in [0.15, 0.2) is 0 Å². The van der Waals surface area contributed by atoms with Gasteiger partial charge in [0, 0.05) is 23.0 Å². The third-order valence-electron chi connectivity index (χ3n) is 4.05. The van der Waals surface area contributed by atoms with Crippen LogP contribution in [0.4, 0.5) is 5.69 Å². The number of aryl methyl sites for hydroxylation is 2. The summed E-state index contributed by atoms with van der Waals surface area (Å²) in [7, 11) is 0. The second kappa shape index (κ2) is 7.38. The monoisotopic (exact) mass is 361 g/mol. The molecule has 0 aliphatic heterocycles. The zero-order chi connectivity index (χ0) is 18.7. The van der Waals surface area contributed by atoms with Crippen LogP contribution >= 0.6 is 11.6 Å². The molecule has 0 bridgehead atoms. The van der Waals surface area contributed by atoms with E-state index in [1.807, 2.05) is 56.3 Å². The highest BCUT2D eigenvalue weighted by molar-refractivity contribution is 6.30. The minimum Gasteiger partial charge on any atom is -0.322 e. The molecule has 0 saturated heterocycles. The summed E-state index contributed by atoms with van der Waals surface area (Å²) in [5, 5.41) is 12.2. The van der Waals surface area contributed by atoms with E-state index in [9.17, 15) is 4.79 Å². The lowest BCUT2D eigenvalue weighted by molar-refractivity contribution is 0.102. The van der Waals surface area contributed by atoms with E-state index in [1.165, 1.54) is 0 Å². The van der Waals surface area contributed by atoms with Crippen molar-refractivity contribution in [2.45, 2.75) is 13.8 Å². The molecule has 0 fully saturated rings. The Balaban J connectivity index is 1.93. The highest BCUT2D eigenvalue weighted by Gasteiger charge is 2.10. The first-order valence-electron chi connectivity index (χ1n) is 8.02. The van der Waals surface area contributed by atoms with E-state index in [4.69, 9.17) is 16.9 Å². The van der Waals surface area contributed by atoms with Crippen LogP contribution in [0.1, 0.15) is 27.0 Å². The molecular formula is C21H16ClN3O. The quantitative estimate of drug-likeness (QED) is 0.656. The molecule has 2 aromatic carbocycles. The Bertz CT molecular complexity index is 1040. The minimum atomic E-state index is -0.171. The number of carbonyl (C=O) groups excluding carboxylic acids is 1. The van der Waals surface area contributed by atoms with Crippen molar-refractivity contribution in [1.82, 2.24) is 4.98 Å². The molecule has 1 N–H and O–H groups in total. The van der Waals surface area contributed by atoms with Gasteiger partial charge in [0.05, 0.1) is 5.56 Å². The number of carbonyl (C=O) groups is 1. The van der Waals surface area contributed by atoms with Crippen LogP contribution in [0.25, 0.3) is 11.1 Å². The van der Waals surface area contributed by atoms with Gasteiger partial charge in [-0.1, -0.05) is 35.4 Å². The Morgan fingerprint density at radius 1 is 1.15 bits per heavy atom. The fourth-order valence-electron chi connectivity index (χ4n) is 2.67. The molecule has 1 amide bonds. The number of aromatic nitrogens is 1. The van der Waals surface area contributed by atoms with Crippen LogP contribution in [0.3, 0.4) is 0 Å². The maximum Gasteiger partial charge on any atom is 0.255 e. The van der Waals surface area contributed by atoms with Crippen LogP contribution in [0.15, 0.2) is 54.7 Å². The van der Waals surface area contributed by atoms with Gasteiger partial charge in [0.2, 0.25) is 0 Å². The van der Waals surface area contributed by atoms with E-state index in [1.54, 1.807) is 18.3 Å². The molecule has 5 heteroatoms. The van der Waals surface area contributed by atoms with E-state index in [0.717, 1.165) is 22.3 Å². The SMILES string of the molecule is Cc1cccc(C(=O)Nc2ccc(C)c(-c3cnc(Cl)c(C#N)c3)c2)c1. The van der Waals surface area contributed by atoms with E-state index >= 15 is 0 Å². The van der Waals surface area contributed by atoms with Crippen LogP contribution in [0, 0.1) is 25.2 Å². The second-order valence-corrected chi connectivity index (χ2v) is 6.39. The summed E-state index contributed by atoms with van der Waals surface area (Å²) in [4.78, 5) is 16.5. The molecule has 0 aliphatic carbocycles. The van der Waals surface area contributed by atoms with Crippen LogP contribution in [-0.2, 0) is 0 Å². The Kier molecular flexibility index (Phi) is 5.01. The first-order chi connectivity index (χ1) is 12.5. The van der Waals surface area contributed by atoms with Gasteiger partial charge in [0.1, 0.15) is 11.2 Å². The summed E-state index contributed by atoms with van der Waals surface area (Å²) in [5.41, 5.74) is 5.28. The standard InChI is InChI=1S/C21H16ClN3O/c1-13-4-3-5-15(8-13)21(26)25-18-7-6-14(2)19(10-18)17-9-16(11-23)20(22)24-12-17/h3-10,12H,1-2H3,(H,25,26). The second-order valence-electron chi connectivity index (χ2n) is 6.03. The van der Waals surface area contributed by atoms with E-state index in [-0.39, 0.29) is 11.1 Å². The topological polar surface area (TPSA) is 65.8 Å². The summed E-state index contributed by atoms with van der Waals surface area (Å²) in [6.07, 6.45) is 1.62. The molecule has 0 unspecified atom stereocenters. The summed E-state index contributed by atoms with van der Waals surface area (Å²) in [6, 6.07) is 16.8. The summed E-state index contributed by atoms with van der Waals surface area (Å²) >= 11 is 5.91. The molecule has 0 atom stereocenters. The fraction of sp³-hybridized carbons (Fsp3) is 0.0952. The lowest BCUT2D eigenvalue weighted by atomic mass is 10.00. The number of rotatable bonds is 3. The fourth-order valence-corrected chi connectivity index (χ4v) is 2.82. The zero-order valence-corrected chi connectivity index (χ0v) is 15.1. The number of halogens is 1. The van der Waals surface area contributed by atoms with Gasteiger partial charge in [0.25, 0.3) is 5.91 Å². The van der Waals surface area contributed by atoms with Gasteiger partial charge in [-0.05, 0) is 55.3 Å². The molecule has 3 rings (SSSR count).